The Hall–Kier alpha value is -1.46. The zero-order valence-corrected chi connectivity index (χ0v) is 27.8. The lowest BCUT2D eigenvalue weighted by molar-refractivity contribution is -0.471. The number of carboxylic acid groups (broad SMARTS) is 1. The number of carbonyl (C=O) groups is 2. The van der Waals surface area contributed by atoms with E-state index in [4.69, 9.17) is 28.7 Å². The average molecular weight is 667 g/mol. The third kappa shape index (κ3) is 13.6. The standard InChI is InChI=1S/C32H58O14/c1-5-7-9-11-13-15-21(17-23(33)34)43-24(35)18-22(16-14-12-10-8-6-2)44-32-30(28(39)26(37)20(4)42-32)45-46-31-29(40)27(38)25(36)19(3)41-31/h19-22,25-32,36-40H,5-18H2,1-4H3,(H,33,34)/t19-,20-,21?,22?,25-,26-,27+,28+,29+,30+,31-,32-/m0/s1. The van der Waals surface area contributed by atoms with Gasteiger partial charge in [-0.25, -0.2) is 9.78 Å². The maximum atomic E-state index is 13.1. The van der Waals surface area contributed by atoms with Crippen LogP contribution in [-0.2, 0) is 38.3 Å². The van der Waals surface area contributed by atoms with Crippen molar-refractivity contribution in [2.24, 2.45) is 0 Å². The normalized spacial score (nSPS) is 33.0. The molecule has 2 rings (SSSR count). The van der Waals surface area contributed by atoms with Crippen molar-refractivity contribution in [1.82, 2.24) is 0 Å². The molecule has 2 saturated heterocycles. The fraction of sp³-hybridized carbons (Fsp3) is 0.938. The molecule has 0 radical (unpaired) electrons. The van der Waals surface area contributed by atoms with Crippen LogP contribution in [0.1, 0.15) is 118 Å². The van der Waals surface area contributed by atoms with Gasteiger partial charge in [0.1, 0.15) is 36.6 Å². The molecule has 0 aromatic heterocycles. The molecule has 0 saturated carbocycles. The first-order valence-corrected chi connectivity index (χ1v) is 17.0. The summed E-state index contributed by atoms with van der Waals surface area (Å²) in [7, 11) is 0. The number of aliphatic hydroxyl groups excluding tert-OH is 5. The average Bonchev–Trinajstić information content (AvgIpc) is 3.00. The first kappa shape index (κ1) is 40.7. The van der Waals surface area contributed by atoms with Crippen LogP contribution < -0.4 is 0 Å². The molecule has 14 heteroatoms. The van der Waals surface area contributed by atoms with Crippen molar-refractivity contribution in [2.75, 3.05) is 0 Å². The van der Waals surface area contributed by atoms with Crippen LogP contribution in [0.4, 0.5) is 0 Å². The maximum absolute atomic E-state index is 13.1. The van der Waals surface area contributed by atoms with Crippen molar-refractivity contribution in [3.63, 3.8) is 0 Å². The van der Waals surface area contributed by atoms with Crippen molar-refractivity contribution in [1.29, 1.82) is 0 Å². The number of hydrogen-bond acceptors (Lipinski definition) is 13. The van der Waals surface area contributed by atoms with E-state index in [-0.39, 0.29) is 12.8 Å². The number of aliphatic carboxylic acids is 1. The summed E-state index contributed by atoms with van der Waals surface area (Å²) in [5.74, 6) is -1.69. The first-order valence-electron chi connectivity index (χ1n) is 17.0. The van der Waals surface area contributed by atoms with Crippen molar-refractivity contribution < 1.29 is 69.0 Å². The Morgan fingerprint density at radius 2 is 1.15 bits per heavy atom. The largest absolute Gasteiger partial charge is 0.481 e. The summed E-state index contributed by atoms with van der Waals surface area (Å²) >= 11 is 0. The van der Waals surface area contributed by atoms with E-state index in [0.29, 0.717) is 19.3 Å². The van der Waals surface area contributed by atoms with Gasteiger partial charge in [0.25, 0.3) is 0 Å². The van der Waals surface area contributed by atoms with E-state index in [0.717, 1.165) is 57.8 Å². The summed E-state index contributed by atoms with van der Waals surface area (Å²) in [6.45, 7) is 7.20. The van der Waals surface area contributed by atoms with E-state index >= 15 is 0 Å². The quantitative estimate of drug-likeness (QED) is 0.0424. The van der Waals surface area contributed by atoms with Gasteiger partial charge in [0.2, 0.25) is 6.29 Å². The fourth-order valence-electron chi connectivity index (χ4n) is 5.60. The van der Waals surface area contributed by atoms with E-state index in [1.165, 1.54) is 13.8 Å². The van der Waals surface area contributed by atoms with E-state index in [9.17, 15) is 40.2 Å². The van der Waals surface area contributed by atoms with Crippen molar-refractivity contribution in [3.05, 3.63) is 0 Å². The number of hydrogen-bond donors (Lipinski definition) is 6. The van der Waals surface area contributed by atoms with E-state index in [1.54, 1.807) is 0 Å². The van der Waals surface area contributed by atoms with Gasteiger partial charge in [0.05, 0.1) is 31.2 Å². The molecule has 2 aliphatic heterocycles. The number of unbranched alkanes of at least 4 members (excludes halogenated alkanes) is 8. The highest BCUT2D eigenvalue weighted by atomic mass is 17.2. The number of esters is 1. The number of ether oxygens (including phenoxy) is 4. The predicted molar refractivity (Wildman–Crippen MR) is 163 cm³/mol. The Labute approximate surface area is 272 Å². The Bertz CT molecular complexity index is 861. The zero-order valence-electron chi connectivity index (χ0n) is 27.8. The molecule has 46 heavy (non-hydrogen) atoms. The minimum absolute atomic E-state index is 0.216. The highest BCUT2D eigenvalue weighted by Crippen LogP contribution is 2.29. The van der Waals surface area contributed by atoms with Crippen LogP contribution in [0.3, 0.4) is 0 Å². The highest BCUT2D eigenvalue weighted by molar-refractivity contribution is 5.72. The summed E-state index contributed by atoms with van der Waals surface area (Å²) in [5, 5.41) is 61.1. The second kappa shape index (κ2) is 21.5. The van der Waals surface area contributed by atoms with Crippen molar-refractivity contribution in [2.45, 2.75) is 191 Å². The van der Waals surface area contributed by atoms with Gasteiger partial charge in [0.15, 0.2) is 12.4 Å². The van der Waals surface area contributed by atoms with Crippen LogP contribution in [0.5, 0.6) is 0 Å². The van der Waals surface area contributed by atoms with E-state index in [2.05, 4.69) is 13.8 Å². The molecule has 2 heterocycles. The van der Waals surface area contributed by atoms with Gasteiger partial charge in [0, 0.05) is 0 Å². The molecular formula is C32H58O14. The minimum atomic E-state index is -1.69. The number of rotatable bonds is 22. The summed E-state index contributed by atoms with van der Waals surface area (Å²) < 4.78 is 23.0. The molecule has 6 N–H and O–H groups in total. The minimum Gasteiger partial charge on any atom is -0.481 e. The molecule has 0 amide bonds. The van der Waals surface area contributed by atoms with Crippen LogP contribution in [0.15, 0.2) is 0 Å². The number of aliphatic hydroxyl groups is 5. The second-order valence-electron chi connectivity index (χ2n) is 12.6. The second-order valence-corrected chi connectivity index (χ2v) is 12.6. The molecule has 270 valence electrons. The Balaban J connectivity index is 2.13. The third-order valence-electron chi connectivity index (χ3n) is 8.53. The summed E-state index contributed by atoms with van der Waals surface area (Å²) in [4.78, 5) is 35.2. The summed E-state index contributed by atoms with van der Waals surface area (Å²) in [6.07, 6.45) is -5.45. The maximum Gasteiger partial charge on any atom is 0.308 e. The molecule has 0 aromatic carbocycles. The van der Waals surface area contributed by atoms with Gasteiger partial charge in [-0.05, 0) is 33.1 Å². The van der Waals surface area contributed by atoms with Crippen LogP contribution in [0, 0.1) is 0 Å². The van der Waals surface area contributed by atoms with Crippen LogP contribution >= 0.6 is 0 Å². The van der Waals surface area contributed by atoms with E-state index < -0.39 is 85.6 Å². The summed E-state index contributed by atoms with van der Waals surface area (Å²) in [5.41, 5.74) is 0. The predicted octanol–water partition coefficient (Wildman–Crippen LogP) is 2.48. The molecule has 0 bridgehead atoms. The molecule has 0 spiro atoms. The van der Waals surface area contributed by atoms with E-state index in [1.807, 2.05) is 0 Å². The van der Waals surface area contributed by atoms with Gasteiger partial charge >= 0.3 is 11.9 Å². The van der Waals surface area contributed by atoms with Gasteiger partial charge in [-0.1, -0.05) is 71.6 Å². The molecular weight excluding hydrogens is 608 g/mol. The Kier molecular flexibility index (Phi) is 19.0. The molecule has 12 atom stereocenters. The number of carboxylic acids is 1. The van der Waals surface area contributed by atoms with Crippen LogP contribution in [0.25, 0.3) is 0 Å². The van der Waals surface area contributed by atoms with Crippen LogP contribution in [0.2, 0.25) is 0 Å². The van der Waals surface area contributed by atoms with Gasteiger partial charge in [-0.2, -0.15) is 0 Å². The van der Waals surface area contributed by atoms with Crippen LogP contribution in [-0.4, -0.2) is 116 Å². The molecule has 2 fully saturated rings. The first-order chi connectivity index (χ1) is 21.9. The van der Waals surface area contributed by atoms with Crippen molar-refractivity contribution >= 4 is 11.9 Å². The summed E-state index contributed by atoms with van der Waals surface area (Å²) in [6, 6.07) is 0. The molecule has 14 nitrogen and oxygen atoms in total. The van der Waals surface area contributed by atoms with Gasteiger partial charge in [-0.15, -0.1) is 0 Å². The zero-order chi connectivity index (χ0) is 34.2. The molecule has 0 aromatic rings. The SMILES string of the molecule is CCCCCCCC(CC(=O)O)OC(=O)CC(CCCCCCC)O[C@@H]1O[C@@H](C)[C@H](O)[C@@H](O)[C@H]1OO[C@@H]1O[C@@H](C)[C@H](O)[C@@H](O)[C@H]1O. The molecule has 2 unspecified atom stereocenters. The fourth-order valence-corrected chi connectivity index (χ4v) is 5.60. The Morgan fingerprint density at radius 3 is 1.72 bits per heavy atom. The van der Waals surface area contributed by atoms with Gasteiger partial charge < -0.3 is 49.6 Å². The van der Waals surface area contributed by atoms with Gasteiger partial charge in [-0.3, -0.25) is 9.59 Å². The Morgan fingerprint density at radius 1 is 0.630 bits per heavy atom. The smallest absolute Gasteiger partial charge is 0.308 e. The third-order valence-corrected chi connectivity index (χ3v) is 8.53. The lowest BCUT2D eigenvalue weighted by Gasteiger charge is -2.43. The monoisotopic (exact) mass is 666 g/mol. The number of carbonyl (C=O) groups excluding carboxylic acids is 1. The van der Waals surface area contributed by atoms with Crippen molar-refractivity contribution in [3.8, 4) is 0 Å². The lowest BCUT2D eigenvalue weighted by Crippen LogP contribution is -2.61. The highest BCUT2D eigenvalue weighted by Gasteiger charge is 2.48. The molecule has 2 aliphatic rings. The molecule has 0 aliphatic carbocycles. The lowest BCUT2D eigenvalue weighted by atomic mass is 9.99. The topological polar surface area (TPSA) is 211 Å².